The number of rotatable bonds is 3. The second kappa shape index (κ2) is 7.41. The minimum atomic E-state index is 0.110. The van der Waals surface area contributed by atoms with E-state index < -0.39 is 0 Å². The predicted molar refractivity (Wildman–Crippen MR) is 119 cm³/mol. The third-order valence-electron chi connectivity index (χ3n) is 4.28. The van der Waals surface area contributed by atoms with Gasteiger partial charge in [0.1, 0.15) is 17.3 Å². The van der Waals surface area contributed by atoms with Crippen molar-refractivity contribution in [3.8, 4) is 22.9 Å². The van der Waals surface area contributed by atoms with E-state index in [0.717, 1.165) is 21.1 Å². The number of aryl methyl sites for hydroxylation is 1. The Morgan fingerprint density at radius 2 is 1.86 bits per heavy atom. The molecule has 140 valence electrons. The molecule has 3 aromatic carbocycles. The Balaban J connectivity index is 1.73. The molecule has 0 aliphatic carbocycles. The maximum Gasteiger partial charge on any atom is 0.142 e. The third kappa shape index (κ3) is 3.68. The van der Waals surface area contributed by atoms with Crippen LogP contribution in [0.2, 0.25) is 0 Å². The highest BCUT2D eigenvalue weighted by atomic mass is 79.9. The van der Waals surface area contributed by atoms with Gasteiger partial charge < -0.3 is 15.2 Å². The van der Waals surface area contributed by atoms with Crippen LogP contribution in [0.5, 0.6) is 11.5 Å². The van der Waals surface area contributed by atoms with Crippen LogP contribution in [0.15, 0.2) is 62.5 Å². The van der Waals surface area contributed by atoms with Crippen molar-refractivity contribution in [2.24, 2.45) is 4.99 Å². The molecule has 1 heterocycles. The number of phenols is 2. The number of nitrogens with one attached hydrogen (secondary N) is 1. The summed E-state index contributed by atoms with van der Waals surface area (Å²) in [6.07, 6.45) is 1.57. The molecule has 0 aliphatic heterocycles. The molecule has 0 amide bonds. The van der Waals surface area contributed by atoms with Gasteiger partial charge in [0.05, 0.1) is 26.8 Å². The van der Waals surface area contributed by atoms with Crippen LogP contribution in [-0.2, 0) is 0 Å². The monoisotopic (exact) mass is 499 g/mol. The first-order chi connectivity index (χ1) is 13.4. The van der Waals surface area contributed by atoms with Crippen LogP contribution in [0.4, 0.5) is 5.69 Å². The van der Waals surface area contributed by atoms with Gasteiger partial charge in [-0.1, -0.05) is 22.0 Å². The summed E-state index contributed by atoms with van der Waals surface area (Å²) in [5, 5.41) is 20.5. The fourth-order valence-electron chi connectivity index (χ4n) is 2.87. The molecule has 4 aromatic rings. The van der Waals surface area contributed by atoms with Gasteiger partial charge in [-0.05, 0) is 70.9 Å². The van der Waals surface area contributed by atoms with E-state index in [2.05, 4.69) is 46.8 Å². The number of fused-ring (bicyclic) bond motifs is 1. The molecule has 0 fully saturated rings. The summed E-state index contributed by atoms with van der Waals surface area (Å²) < 4.78 is 1.40. The molecular weight excluding hydrogens is 486 g/mol. The zero-order chi connectivity index (χ0) is 19.8. The lowest BCUT2D eigenvalue weighted by atomic mass is 10.1. The van der Waals surface area contributed by atoms with Crippen LogP contribution in [0, 0.1) is 6.92 Å². The van der Waals surface area contributed by atoms with Gasteiger partial charge in [0.2, 0.25) is 0 Å². The smallest absolute Gasteiger partial charge is 0.142 e. The largest absolute Gasteiger partial charge is 0.507 e. The van der Waals surface area contributed by atoms with Crippen molar-refractivity contribution in [1.29, 1.82) is 0 Å². The molecule has 0 saturated carbocycles. The quantitative estimate of drug-likeness (QED) is 0.292. The second-order valence-electron chi connectivity index (χ2n) is 6.39. The molecule has 0 aliphatic rings. The Morgan fingerprint density at radius 1 is 1.04 bits per heavy atom. The Bertz CT molecular complexity index is 1230. The summed E-state index contributed by atoms with van der Waals surface area (Å²) in [7, 11) is 0. The van der Waals surface area contributed by atoms with Crippen molar-refractivity contribution in [3.63, 3.8) is 0 Å². The average Bonchev–Trinajstić information content (AvgIpc) is 3.07. The highest BCUT2D eigenvalue weighted by molar-refractivity contribution is 9.11. The molecule has 4 rings (SSSR count). The first kappa shape index (κ1) is 18.7. The molecule has 5 nitrogen and oxygen atoms in total. The molecule has 3 N–H and O–H groups in total. The van der Waals surface area contributed by atoms with Crippen molar-refractivity contribution in [2.75, 3.05) is 0 Å². The maximum absolute atomic E-state index is 10.3. The number of benzene rings is 3. The number of nitrogens with zero attached hydrogens (tertiary/aromatic N) is 2. The number of aromatic nitrogens is 2. The molecule has 1 aromatic heterocycles. The number of hydrogen-bond acceptors (Lipinski definition) is 4. The molecule has 0 radical (unpaired) electrons. The van der Waals surface area contributed by atoms with Gasteiger partial charge in [-0.25, -0.2) is 4.98 Å². The topological polar surface area (TPSA) is 81.5 Å². The number of imidazole rings is 1. The van der Waals surface area contributed by atoms with Gasteiger partial charge in [0, 0.05) is 16.3 Å². The Labute approximate surface area is 178 Å². The number of hydrogen-bond donors (Lipinski definition) is 3. The predicted octanol–water partition coefficient (Wildman–Crippen LogP) is 6.23. The van der Waals surface area contributed by atoms with Gasteiger partial charge >= 0.3 is 0 Å². The molecule has 0 atom stereocenters. The van der Waals surface area contributed by atoms with Gasteiger partial charge in [0.25, 0.3) is 0 Å². The van der Waals surface area contributed by atoms with Crippen molar-refractivity contribution in [2.45, 2.75) is 6.92 Å². The summed E-state index contributed by atoms with van der Waals surface area (Å²) in [4.78, 5) is 12.2. The SMILES string of the molecule is Cc1ccc2nc(-c3cc(N=Cc4cc(Br)cc(Br)c4O)ccc3O)[nH]c2c1. The standard InChI is InChI=1S/C21H15Br2N3O2/c1-11-2-4-17-18(6-11)26-21(25-17)15-9-14(3-5-19(15)27)24-10-12-7-13(22)8-16(23)20(12)28/h2-10,27-28H,1H3,(H,25,26). The van der Waals surface area contributed by atoms with Crippen LogP contribution < -0.4 is 0 Å². The van der Waals surface area contributed by atoms with Crippen LogP contribution in [0.3, 0.4) is 0 Å². The van der Waals surface area contributed by atoms with Crippen LogP contribution in [0.1, 0.15) is 11.1 Å². The first-order valence-corrected chi connectivity index (χ1v) is 10.0. The van der Waals surface area contributed by atoms with Gasteiger partial charge in [0.15, 0.2) is 0 Å². The normalized spacial score (nSPS) is 11.5. The van der Waals surface area contributed by atoms with Crippen molar-refractivity contribution in [3.05, 3.63) is 68.6 Å². The molecule has 7 heteroatoms. The molecule has 0 spiro atoms. The summed E-state index contributed by atoms with van der Waals surface area (Å²) in [6, 6.07) is 14.5. The summed E-state index contributed by atoms with van der Waals surface area (Å²) in [5.41, 5.74) is 4.62. The lowest BCUT2D eigenvalue weighted by molar-refractivity contribution is 0.471. The van der Waals surface area contributed by atoms with E-state index >= 15 is 0 Å². The van der Waals surface area contributed by atoms with E-state index in [9.17, 15) is 10.2 Å². The zero-order valence-electron chi connectivity index (χ0n) is 14.7. The minimum Gasteiger partial charge on any atom is -0.507 e. The highest BCUT2D eigenvalue weighted by Gasteiger charge is 2.11. The molecule has 0 unspecified atom stereocenters. The third-order valence-corrected chi connectivity index (χ3v) is 5.35. The van der Waals surface area contributed by atoms with Gasteiger partial charge in [-0.15, -0.1) is 0 Å². The average molecular weight is 501 g/mol. The second-order valence-corrected chi connectivity index (χ2v) is 8.16. The zero-order valence-corrected chi connectivity index (χ0v) is 17.9. The van der Waals surface area contributed by atoms with Gasteiger partial charge in [-0.3, -0.25) is 4.99 Å². The fourth-order valence-corrected chi connectivity index (χ4v) is 4.13. The number of aromatic hydroxyl groups is 2. The molecular formula is C21H15Br2N3O2. The van der Waals surface area contributed by atoms with E-state index in [1.165, 1.54) is 0 Å². The van der Waals surface area contributed by atoms with E-state index in [4.69, 9.17) is 0 Å². The maximum atomic E-state index is 10.3. The number of aromatic amines is 1. The summed E-state index contributed by atoms with van der Waals surface area (Å²) in [6.45, 7) is 2.02. The van der Waals surface area contributed by atoms with Crippen LogP contribution >= 0.6 is 31.9 Å². The Morgan fingerprint density at radius 3 is 2.68 bits per heavy atom. The minimum absolute atomic E-state index is 0.110. The Hall–Kier alpha value is -2.64. The van der Waals surface area contributed by atoms with Crippen LogP contribution in [-0.4, -0.2) is 26.4 Å². The van der Waals surface area contributed by atoms with E-state index in [1.807, 2.05) is 25.1 Å². The van der Waals surface area contributed by atoms with Crippen molar-refractivity contribution in [1.82, 2.24) is 9.97 Å². The van der Waals surface area contributed by atoms with Gasteiger partial charge in [-0.2, -0.15) is 0 Å². The number of H-pyrrole nitrogens is 1. The van der Waals surface area contributed by atoms with Crippen LogP contribution in [0.25, 0.3) is 22.4 Å². The molecule has 0 bridgehead atoms. The van der Waals surface area contributed by atoms with Crippen molar-refractivity contribution < 1.29 is 10.2 Å². The number of halogens is 2. The van der Waals surface area contributed by atoms with E-state index in [-0.39, 0.29) is 11.5 Å². The molecule has 0 saturated heterocycles. The number of aliphatic imine (C=N–C) groups is 1. The lowest BCUT2D eigenvalue weighted by Crippen LogP contribution is -1.85. The first-order valence-electron chi connectivity index (χ1n) is 8.42. The highest BCUT2D eigenvalue weighted by Crippen LogP contribution is 2.34. The van der Waals surface area contributed by atoms with E-state index in [1.54, 1.807) is 36.5 Å². The number of phenolic OH excluding ortho intramolecular Hbond substituents is 2. The summed E-state index contributed by atoms with van der Waals surface area (Å²) >= 11 is 6.71. The fraction of sp³-hybridized carbons (Fsp3) is 0.0476. The molecule has 28 heavy (non-hydrogen) atoms. The van der Waals surface area contributed by atoms with Crippen molar-refractivity contribution >= 4 is 54.8 Å². The van der Waals surface area contributed by atoms with E-state index in [0.29, 0.717) is 27.1 Å². The lowest BCUT2D eigenvalue weighted by Gasteiger charge is -2.04. The summed E-state index contributed by atoms with van der Waals surface area (Å²) in [5.74, 6) is 0.796. The Kier molecular flexibility index (Phi) is 4.95.